The lowest BCUT2D eigenvalue weighted by Crippen LogP contribution is -2.21. The summed E-state index contributed by atoms with van der Waals surface area (Å²) in [5.74, 6) is -1.45. The molecule has 26 heavy (non-hydrogen) atoms. The molecule has 0 radical (unpaired) electrons. The molecule has 8 heteroatoms. The second-order valence-corrected chi connectivity index (χ2v) is 5.56. The minimum absolute atomic E-state index is 0.0690. The third-order valence-corrected chi connectivity index (χ3v) is 3.81. The van der Waals surface area contributed by atoms with E-state index in [1.807, 2.05) is 0 Å². The van der Waals surface area contributed by atoms with Crippen LogP contribution in [0.3, 0.4) is 0 Å². The number of anilines is 1. The summed E-state index contributed by atoms with van der Waals surface area (Å²) in [4.78, 5) is 33.9. The second-order valence-electron chi connectivity index (χ2n) is 5.56. The third-order valence-electron chi connectivity index (χ3n) is 3.81. The van der Waals surface area contributed by atoms with Gasteiger partial charge in [0, 0.05) is 12.1 Å². The molecule has 2 aromatic rings. The number of hydrazone groups is 1. The predicted molar refractivity (Wildman–Crippen MR) is 95.1 cm³/mol. The second kappa shape index (κ2) is 6.60. The molecule has 0 spiro atoms. The summed E-state index contributed by atoms with van der Waals surface area (Å²) in [5.41, 5.74) is 1.76. The van der Waals surface area contributed by atoms with Gasteiger partial charge in [0.15, 0.2) is 0 Å². The van der Waals surface area contributed by atoms with E-state index in [9.17, 15) is 19.7 Å². The Kier molecular flexibility index (Phi) is 4.32. The molecule has 8 nitrogen and oxygen atoms in total. The van der Waals surface area contributed by atoms with E-state index >= 15 is 0 Å². The van der Waals surface area contributed by atoms with Gasteiger partial charge in [-0.3, -0.25) is 14.9 Å². The molecular weight excluding hydrogens is 338 g/mol. The van der Waals surface area contributed by atoms with Gasteiger partial charge in [0.1, 0.15) is 0 Å². The highest BCUT2D eigenvalue weighted by molar-refractivity contribution is 6.32. The van der Waals surface area contributed by atoms with E-state index in [0.717, 1.165) is 0 Å². The van der Waals surface area contributed by atoms with Crippen LogP contribution in [-0.4, -0.2) is 27.6 Å². The molecule has 3 rings (SSSR count). The number of rotatable bonds is 4. The van der Waals surface area contributed by atoms with E-state index in [4.69, 9.17) is 5.11 Å². The van der Waals surface area contributed by atoms with E-state index in [-0.39, 0.29) is 11.3 Å². The maximum Gasteiger partial charge on any atom is 0.335 e. The highest BCUT2D eigenvalue weighted by atomic mass is 16.6. The predicted octanol–water partition coefficient (Wildman–Crippen LogP) is 3.10. The smallest absolute Gasteiger partial charge is 0.335 e. The Hall–Kier alpha value is -3.81. The van der Waals surface area contributed by atoms with Gasteiger partial charge < -0.3 is 5.11 Å². The van der Waals surface area contributed by atoms with Crippen molar-refractivity contribution in [1.82, 2.24) is 0 Å². The fourth-order valence-electron chi connectivity index (χ4n) is 2.50. The Bertz CT molecular complexity index is 977. The zero-order valence-corrected chi connectivity index (χ0v) is 13.6. The molecular formula is C18H13N3O5. The number of nitrogens with zero attached hydrogens (tertiary/aromatic N) is 3. The van der Waals surface area contributed by atoms with Gasteiger partial charge in [-0.2, -0.15) is 10.1 Å². The third kappa shape index (κ3) is 3.20. The van der Waals surface area contributed by atoms with Gasteiger partial charge >= 0.3 is 5.97 Å². The van der Waals surface area contributed by atoms with E-state index in [1.54, 1.807) is 25.1 Å². The minimum Gasteiger partial charge on any atom is -0.478 e. The highest BCUT2D eigenvalue weighted by Gasteiger charge is 2.28. The van der Waals surface area contributed by atoms with Gasteiger partial charge in [0.05, 0.1) is 27.5 Å². The van der Waals surface area contributed by atoms with Crippen molar-refractivity contribution in [3.8, 4) is 0 Å². The number of carboxylic acids is 1. The molecule has 0 saturated carbocycles. The van der Waals surface area contributed by atoms with E-state index in [2.05, 4.69) is 5.10 Å². The van der Waals surface area contributed by atoms with Crippen molar-refractivity contribution in [3.05, 3.63) is 75.3 Å². The summed E-state index contributed by atoms with van der Waals surface area (Å²) in [6, 6.07) is 11.7. The quantitative estimate of drug-likeness (QED) is 0.516. The van der Waals surface area contributed by atoms with Crippen molar-refractivity contribution < 1.29 is 19.6 Å². The monoisotopic (exact) mass is 351 g/mol. The SMILES string of the molecule is CC1=NN(c2ccc(C(=O)O)cc2)C(=O)C1=Cc1cccc([N+](=O)[O-])c1. The van der Waals surface area contributed by atoms with Crippen LogP contribution < -0.4 is 5.01 Å². The summed E-state index contributed by atoms with van der Waals surface area (Å²) in [5, 5.41) is 25.2. The molecule has 0 aliphatic carbocycles. The van der Waals surface area contributed by atoms with Gasteiger partial charge in [0.25, 0.3) is 11.6 Å². The van der Waals surface area contributed by atoms with E-state index in [0.29, 0.717) is 22.5 Å². The first-order chi connectivity index (χ1) is 12.4. The van der Waals surface area contributed by atoms with Crippen molar-refractivity contribution in [1.29, 1.82) is 0 Å². The topological polar surface area (TPSA) is 113 Å². The normalized spacial score (nSPS) is 15.3. The van der Waals surface area contributed by atoms with Crippen molar-refractivity contribution in [3.63, 3.8) is 0 Å². The van der Waals surface area contributed by atoms with Gasteiger partial charge in [-0.15, -0.1) is 0 Å². The van der Waals surface area contributed by atoms with Crippen molar-refractivity contribution >= 4 is 35.0 Å². The molecule has 0 fully saturated rings. The van der Waals surface area contributed by atoms with Gasteiger partial charge in [-0.05, 0) is 42.8 Å². The summed E-state index contributed by atoms with van der Waals surface area (Å²) >= 11 is 0. The van der Waals surface area contributed by atoms with Gasteiger partial charge in [0.2, 0.25) is 0 Å². The summed E-state index contributed by atoms with van der Waals surface area (Å²) in [6.45, 7) is 1.66. The molecule has 0 atom stereocenters. The Morgan fingerprint density at radius 1 is 1.23 bits per heavy atom. The zero-order valence-electron chi connectivity index (χ0n) is 13.6. The van der Waals surface area contributed by atoms with Crippen LogP contribution in [0.2, 0.25) is 0 Å². The first kappa shape index (κ1) is 17.0. The molecule has 1 aliphatic rings. The van der Waals surface area contributed by atoms with Gasteiger partial charge in [-0.1, -0.05) is 12.1 Å². The summed E-state index contributed by atoms with van der Waals surface area (Å²) in [6.07, 6.45) is 1.54. The number of carbonyl (C=O) groups excluding carboxylic acids is 1. The van der Waals surface area contributed by atoms with E-state index in [1.165, 1.54) is 41.4 Å². The first-order valence-electron chi connectivity index (χ1n) is 7.56. The molecule has 0 unspecified atom stereocenters. The fourth-order valence-corrected chi connectivity index (χ4v) is 2.50. The molecule has 2 aromatic carbocycles. The molecule has 130 valence electrons. The lowest BCUT2D eigenvalue weighted by Gasteiger charge is -2.11. The van der Waals surface area contributed by atoms with Crippen LogP contribution in [0.15, 0.2) is 59.2 Å². The van der Waals surface area contributed by atoms with E-state index < -0.39 is 16.8 Å². The Morgan fingerprint density at radius 3 is 2.54 bits per heavy atom. The Labute approximate surface area is 147 Å². The van der Waals surface area contributed by atoms with Crippen molar-refractivity contribution in [2.45, 2.75) is 6.92 Å². The standard InChI is InChI=1S/C18H13N3O5/c1-11-16(10-12-3-2-4-15(9-12)21(25)26)17(22)20(19-11)14-7-5-13(6-8-14)18(23)24/h2-10H,1H3,(H,23,24). The number of non-ortho nitro benzene ring substituents is 1. The van der Waals surface area contributed by atoms with Crippen LogP contribution in [-0.2, 0) is 4.79 Å². The number of benzene rings is 2. The Balaban J connectivity index is 1.91. The number of carboxylic acid groups (broad SMARTS) is 1. The maximum absolute atomic E-state index is 12.7. The lowest BCUT2D eigenvalue weighted by atomic mass is 10.1. The van der Waals surface area contributed by atoms with Crippen LogP contribution in [0.5, 0.6) is 0 Å². The fraction of sp³-hybridized carbons (Fsp3) is 0.0556. The first-order valence-corrected chi connectivity index (χ1v) is 7.56. The average Bonchev–Trinajstić information content (AvgIpc) is 2.90. The number of hydrogen-bond donors (Lipinski definition) is 1. The number of hydrogen-bond acceptors (Lipinski definition) is 5. The number of carbonyl (C=O) groups is 2. The Morgan fingerprint density at radius 2 is 1.92 bits per heavy atom. The molecule has 0 bridgehead atoms. The highest BCUT2D eigenvalue weighted by Crippen LogP contribution is 2.26. The van der Waals surface area contributed by atoms with Crippen LogP contribution in [0.25, 0.3) is 6.08 Å². The molecule has 0 aromatic heterocycles. The number of amides is 1. The summed E-state index contributed by atoms with van der Waals surface area (Å²) < 4.78 is 0. The van der Waals surface area contributed by atoms with Crippen LogP contribution >= 0.6 is 0 Å². The minimum atomic E-state index is -1.06. The van der Waals surface area contributed by atoms with Crippen LogP contribution in [0.4, 0.5) is 11.4 Å². The molecule has 1 aliphatic heterocycles. The van der Waals surface area contributed by atoms with Gasteiger partial charge in [-0.25, -0.2) is 4.79 Å². The molecule has 1 amide bonds. The van der Waals surface area contributed by atoms with Crippen LogP contribution in [0, 0.1) is 10.1 Å². The largest absolute Gasteiger partial charge is 0.478 e. The molecule has 1 heterocycles. The lowest BCUT2D eigenvalue weighted by molar-refractivity contribution is -0.384. The van der Waals surface area contributed by atoms with Crippen molar-refractivity contribution in [2.24, 2.45) is 5.10 Å². The number of nitro groups is 1. The average molecular weight is 351 g/mol. The zero-order chi connectivity index (χ0) is 18.8. The molecule has 0 saturated heterocycles. The van der Waals surface area contributed by atoms with Crippen LogP contribution in [0.1, 0.15) is 22.8 Å². The number of nitro benzene ring substituents is 1. The molecule has 1 N–H and O–H groups in total. The summed E-state index contributed by atoms with van der Waals surface area (Å²) in [7, 11) is 0. The van der Waals surface area contributed by atoms with Crippen molar-refractivity contribution in [2.75, 3.05) is 5.01 Å². The maximum atomic E-state index is 12.7. The number of aromatic carboxylic acids is 1.